The Labute approximate surface area is 69.6 Å². The second-order valence-corrected chi connectivity index (χ2v) is 2.91. The molecule has 2 heterocycles. The zero-order chi connectivity index (χ0) is 8.72. The van der Waals surface area contributed by atoms with Crippen molar-refractivity contribution >= 4 is 11.0 Å². The molecule has 2 aromatic heterocycles. The van der Waals surface area contributed by atoms with E-state index in [0.29, 0.717) is 11.0 Å². The number of nitrogens with zero attached hydrogens (tertiary/aromatic N) is 2. The highest BCUT2D eigenvalue weighted by Crippen LogP contribution is 2.20. The first-order valence-corrected chi connectivity index (χ1v) is 3.76. The second kappa shape index (κ2) is 2.30. The summed E-state index contributed by atoms with van der Waals surface area (Å²) in [5.41, 5.74) is 1.63. The molecule has 62 valence electrons. The first kappa shape index (κ1) is 7.28. The van der Waals surface area contributed by atoms with E-state index in [4.69, 9.17) is 0 Å². The zero-order valence-corrected chi connectivity index (χ0v) is 7.00. The number of pyridine rings is 1. The third-order valence-electron chi connectivity index (χ3n) is 2.00. The van der Waals surface area contributed by atoms with E-state index in [1.54, 1.807) is 0 Å². The average Bonchev–Trinajstić information content (AvgIpc) is 2.29. The van der Waals surface area contributed by atoms with Gasteiger partial charge >= 0.3 is 0 Å². The zero-order valence-electron chi connectivity index (χ0n) is 7.00. The minimum atomic E-state index is -0.196. The third-order valence-corrected chi connectivity index (χ3v) is 2.00. The summed E-state index contributed by atoms with van der Waals surface area (Å²) in [6.07, 6.45) is 3.36. The molecule has 2 aromatic rings. The fourth-order valence-corrected chi connectivity index (χ4v) is 1.48. The molecule has 3 heteroatoms. The van der Waals surface area contributed by atoms with Gasteiger partial charge < -0.3 is 4.57 Å². The summed E-state index contributed by atoms with van der Waals surface area (Å²) < 4.78 is 15.0. The van der Waals surface area contributed by atoms with E-state index in [2.05, 4.69) is 4.98 Å². The molecule has 0 bridgehead atoms. The maximum Gasteiger partial charge on any atom is 0.142 e. The largest absolute Gasteiger partial charge is 0.335 e. The maximum absolute atomic E-state index is 13.2. The summed E-state index contributed by atoms with van der Waals surface area (Å²) in [4.78, 5) is 4.09. The fraction of sp³-hybridized carbons (Fsp3) is 0.222. The van der Waals surface area contributed by atoms with Crippen molar-refractivity contribution in [1.82, 2.24) is 9.55 Å². The van der Waals surface area contributed by atoms with Gasteiger partial charge in [0.15, 0.2) is 0 Å². The summed E-state index contributed by atoms with van der Waals surface area (Å²) in [5, 5.41) is 0.625. The standard InChI is InChI=1S/C9H9FN2/c1-6-5-12(2)9-8(6)7(10)3-4-11-9/h3-5H,1-2H3. The van der Waals surface area contributed by atoms with Crippen molar-refractivity contribution < 1.29 is 4.39 Å². The second-order valence-electron chi connectivity index (χ2n) is 2.91. The van der Waals surface area contributed by atoms with Crippen LogP contribution in [-0.2, 0) is 7.05 Å². The number of aromatic nitrogens is 2. The van der Waals surface area contributed by atoms with E-state index >= 15 is 0 Å². The minimum absolute atomic E-state index is 0.196. The predicted molar refractivity (Wildman–Crippen MR) is 45.4 cm³/mol. The molecule has 0 amide bonds. The Morgan fingerprint density at radius 3 is 2.92 bits per heavy atom. The number of rotatable bonds is 0. The van der Waals surface area contributed by atoms with E-state index in [-0.39, 0.29) is 5.82 Å². The van der Waals surface area contributed by atoms with E-state index in [9.17, 15) is 4.39 Å². The van der Waals surface area contributed by atoms with Crippen LogP contribution in [-0.4, -0.2) is 9.55 Å². The predicted octanol–water partition coefficient (Wildman–Crippen LogP) is 2.02. The number of hydrogen-bond acceptors (Lipinski definition) is 1. The highest BCUT2D eigenvalue weighted by atomic mass is 19.1. The first-order valence-electron chi connectivity index (χ1n) is 3.76. The van der Waals surface area contributed by atoms with Crippen molar-refractivity contribution in [2.24, 2.45) is 7.05 Å². The van der Waals surface area contributed by atoms with Crippen molar-refractivity contribution in [3.63, 3.8) is 0 Å². The van der Waals surface area contributed by atoms with Gasteiger partial charge in [0.2, 0.25) is 0 Å². The smallest absolute Gasteiger partial charge is 0.142 e. The van der Waals surface area contributed by atoms with Crippen molar-refractivity contribution in [3.8, 4) is 0 Å². The molecule has 0 aliphatic carbocycles. The monoisotopic (exact) mass is 164 g/mol. The highest BCUT2D eigenvalue weighted by Gasteiger charge is 2.07. The van der Waals surface area contributed by atoms with Crippen molar-refractivity contribution in [3.05, 3.63) is 29.8 Å². The molecule has 2 nitrogen and oxygen atoms in total. The lowest BCUT2D eigenvalue weighted by Gasteiger charge is -1.94. The fourth-order valence-electron chi connectivity index (χ4n) is 1.48. The van der Waals surface area contributed by atoms with Gasteiger partial charge in [0, 0.05) is 19.4 Å². The summed E-state index contributed by atoms with van der Waals surface area (Å²) in [6, 6.07) is 1.38. The molecule has 0 saturated carbocycles. The Kier molecular flexibility index (Phi) is 1.40. The topological polar surface area (TPSA) is 17.8 Å². The van der Waals surface area contributed by atoms with E-state index in [1.165, 1.54) is 12.3 Å². The van der Waals surface area contributed by atoms with Crippen LogP contribution < -0.4 is 0 Å². The third kappa shape index (κ3) is 0.826. The molecule has 0 aromatic carbocycles. The van der Waals surface area contributed by atoms with Crippen LogP contribution in [0.2, 0.25) is 0 Å². The summed E-state index contributed by atoms with van der Waals surface area (Å²) in [5.74, 6) is -0.196. The molecule has 12 heavy (non-hydrogen) atoms. The molecule has 0 atom stereocenters. The van der Waals surface area contributed by atoms with Gasteiger partial charge in [0.25, 0.3) is 0 Å². The number of hydrogen-bond donors (Lipinski definition) is 0. The summed E-state index contributed by atoms with van der Waals surface area (Å²) >= 11 is 0. The van der Waals surface area contributed by atoms with Crippen LogP contribution in [0.25, 0.3) is 11.0 Å². The SMILES string of the molecule is Cc1cn(C)c2nccc(F)c12. The van der Waals surface area contributed by atoms with Crippen LogP contribution in [0.3, 0.4) is 0 Å². The van der Waals surface area contributed by atoms with Crippen LogP contribution in [0.15, 0.2) is 18.5 Å². The molecule has 0 aliphatic heterocycles. The maximum atomic E-state index is 13.2. The van der Waals surface area contributed by atoms with Crippen LogP contribution in [0, 0.1) is 12.7 Å². The Hall–Kier alpha value is -1.38. The molecule has 0 spiro atoms. The summed E-state index contributed by atoms with van der Waals surface area (Å²) in [6.45, 7) is 1.88. The molecular weight excluding hydrogens is 155 g/mol. The first-order chi connectivity index (χ1) is 5.70. The Balaban J connectivity index is 2.99. The molecule has 0 fully saturated rings. The van der Waals surface area contributed by atoms with Gasteiger partial charge in [-0.05, 0) is 18.6 Å². The molecule has 0 N–H and O–H groups in total. The number of aryl methyl sites for hydroxylation is 2. The van der Waals surface area contributed by atoms with Gasteiger partial charge in [-0.25, -0.2) is 9.37 Å². The van der Waals surface area contributed by atoms with Gasteiger partial charge in [-0.1, -0.05) is 0 Å². The average molecular weight is 164 g/mol. The Morgan fingerprint density at radius 1 is 1.50 bits per heavy atom. The van der Waals surface area contributed by atoms with E-state index in [0.717, 1.165) is 5.56 Å². The van der Waals surface area contributed by atoms with Crippen LogP contribution >= 0.6 is 0 Å². The van der Waals surface area contributed by atoms with Crippen molar-refractivity contribution in [2.75, 3.05) is 0 Å². The Morgan fingerprint density at radius 2 is 2.25 bits per heavy atom. The van der Waals surface area contributed by atoms with Gasteiger partial charge in [-0.3, -0.25) is 0 Å². The molecule has 0 saturated heterocycles. The van der Waals surface area contributed by atoms with Crippen molar-refractivity contribution in [1.29, 1.82) is 0 Å². The van der Waals surface area contributed by atoms with E-state index < -0.39 is 0 Å². The van der Waals surface area contributed by atoms with Crippen LogP contribution in [0.5, 0.6) is 0 Å². The normalized spacial score (nSPS) is 10.9. The number of fused-ring (bicyclic) bond motifs is 1. The van der Waals surface area contributed by atoms with Crippen LogP contribution in [0.1, 0.15) is 5.56 Å². The van der Waals surface area contributed by atoms with Gasteiger partial charge in [0.1, 0.15) is 11.5 Å². The lowest BCUT2D eigenvalue weighted by molar-refractivity contribution is 0.638. The lowest BCUT2D eigenvalue weighted by Crippen LogP contribution is -1.87. The quantitative estimate of drug-likeness (QED) is 0.582. The molecule has 0 unspecified atom stereocenters. The highest BCUT2D eigenvalue weighted by molar-refractivity contribution is 5.80. The van der Waals surface area contributed by atoms with E-state index in [1.807, 2.05) is 24.7 Å². The molecule has 0 radical (unpaired) electrons. The summed E-state index contributed by atoms with van der Waals surface area (Å²) in [7, 11) is 1.86. The molecule has 2 rings (SSSR count). The molecular formula is C9H9FN2. The van der Waals surface area contributed by atoms with Gasteiger partial charge in [0.05, 0.1) is 5.39 Å². The van der Waals surface area contributed by atoms with Crippen molar-refractivity contribution in [2.45, 2.75) is 6.92 Å². The van der Waals surface area contributed by atoms with Gasteiger partial charge in [-0.2, -0.15) is 0 Å². The van der Waals surface area contributed by atoms with Gasteiger partial charge in [-0.15, -0.1) is 0 Å². The Bertz CT molecular complexity index is 431. The number of halogens is 1. The lowest BCUT2D eigenvalue weighted by atomic mass is 10.2. The molecule has 0 aliphatic rings. The van der Waals surface area contributed by atoms with Crippen LogP contribution in [0.4, 0.5) is 4.39 Å². The minimum Gasteiger partial charge on any atom is -0.335 e.